The second-order valence-electron chi connectivity index (χ2n) is 5.97. The number of carbonyl (C=O) groups is 1. The van der Waals surface area contributed by atoms with E-state index in [2.05, 4.69) is 0 Å². The molecule has 0 heterocycles. The number of amides is 1. The molecule has 2 atom stereocenters. The first-order chi connectivity index (χ1) is 11.8. The van der Waals surface area contributed by atoms with Gasteiger partial charge in [0.25, 0.3) is 5.69 Å². The summed E-state index contributed by atoms with van der Waals surface area (Å²) in [6.45, 7) is 3.71. The average Bonchev–Trinajstić information content (AvgIpc) is 2.65. The van der Waals surface area contributed by atoms with E-state index in [-0.39, 0.29) is 23.6 Å². The van der Waals surface area contributed by atoms with E-state index in [9.17, 15) is 14.9 Å². The Balaban J connectivity index is 2.17. The summed E-state index contributed by atoms with van der Waals surface area (Å²) in [5.41, 5.74) is 1.64. The van der Waals surface area contributed by atoms with Gasteiger partial charge >= 0.3 is 0 Å². The van der Waals surface area contributed by atoms with Gasteiger partial charge < -0.3 is 9.64 Å². The largest absolute Gasteiger partial charge is 0.497 e. The highest BCUT2D eigenvalue weighted by Gasteiger charge is 2.24. The number of hydrogen-bond donors (Lipinski definition) is 0. The Kier molecular flexibility index (Phi) is 5.75. The molecule has 0 bridgehead atoms. The van der Waals surface area contributed by atoms with Gasteiger partial charge in [0.1, 0.15) is 5.75 Å². The summed E-state index contributed by atoms with van der Waals surface area (Å²) in [5.74, 6) is 0.364. The SMILES string of the molecule is COc1ccc([C@@H](C)C(=O)N(C)[C@@H](C)c2cccc([N+](=O)[O-])c2)cc1. The molecule has 0 aromatic heterocycles. The third-order valence-corrected chi connectivity index (χ3v) is 4.48. The van der Waals surface area contributed by atoms with E-state index in [1.807, 2.05) is 38.1 Å². The lowest BCUT2D eigenvalue weighted by Gasteiger charge is -2.28. The summed E-state index contributed by atoms with van der Waals surface area (Å²) in [7, 11) is 3.31. The Bertz CT molecular complexity index is 758. The fourth-order valence-corrected chi connectivity index (χ4v) is 2.65. The number of nitro groups is 1. The molecule has 1 amide bonds. The van der Waals surface area contributed by atoms with Crippen LogP contribution in [0.4, 0.5) is 5.69 Å². The maximum absolute atomic E-state index is 12.8. The number of nitro benzene ring substituents is 1. The molecule has 6 heteroatoms. The quantitative estimate of drug-likeness (QED) is 0.589. The van der Waals surface area contributed by atoms with E-state index in [1.54, 1.807) is 31.2 Å². The number of rotatable bonds is 6. The van der Waals surface area contributed by atoms with Gasteiger partial charge in [-0.1, -0.05) is 24.3 Å². The van der Waals surface area contributed by atoms with Crippen molar-refractivity contribution in [2.24, 2.45) is 0 Å². The molecule has 0 spiro atoms. The number of carbonyl (C=O) groups excluding carboxylic acids is 1. The average molecular weight is 342 g/mol. The van der Waals surface area contributed by atoms with Gasteiger partial charge in [-0.25, -0.2) is 0 Å². The van der Waals surface area contributed by atoms with Crippen LogP contribution in [0.5, 0.6) is 5.75 Å². The number of likely N-dealkylation sites (N-methyl/N-ethyl adjacent to an activating group) is 1. The minimum absolute atomic E-state index is 0.0217. The van der Waals surface area contributed by atoms with Gasteiger partial charge in [0, 0.05) is 19.2 Å². The van der Waals surface area contributed by atoms with Gasteiger partial charge in [-0.05, 0) is 37.1 Å². The lowest BCUT2D eigenvalue weighted by Crippen LogP contribution is -2.33. The van der Waals surface area contributed by atoms with Crippen molar-refractivity contribution in [2.75, 3.05) is 14.2 Å². The van der Waals surface area contributed by atoms with Crippen molar-refractivity contribution in [3.05, 3.63) is 69.8 Å². The second kappa shape index (κ2) is 7.79. The second-order valence-corrected chi connectivity index (χ2v) is 5.97. The molecule has 0 saturated carbocycles. The summed E-state index contributed by atoms with van der Waals surface area (Å²) >= 11 is 0. The third kappa shape index (κ3) is 4.15. The summed E-state index contributed by atoms with van der Waals surface area (Å²) in [6, 6.07) is 13.5. The van der Waals surface area contributed by atoms with Crippen LogP contribution in [0.15, 0.2) is 48.5 Å². The number of hydrogen-bond acceptors (Lipinski definition) is 4. The Labute approximate surface area is 147 Å². The first-order valence-corrected chi connectivity index (χ1v) is 8.00. The molecule has 0 unspecified atom stereocenters. The Morgan fingerprint density at radius 2 is 1.76 bits per heavy atom. The first kappa shape index (κ1) is 18.4. The molecule has 25 heavy (non-hydrogen) atoms. The minimum Gasteiger partial charge on any atom is -0.497 e. The lowest BCUT2D eigenvalue weighted by atomic mass is 9.98. The van der Waals surface area contributed by atoms with Gasteiger partial charge in [-0.3, -0.25) is 14.9 Å². The van der Waals surface area contributed by atoms with Crippen LogP contribution in [0, 0.1) is 10.1 Å². The summed E-state index contributed by atoms with van der Waals surface area (Å²) in [6.07, 6.45) is 0. The number of methoxy groups -OCH3 is 1. The van der Waals surface area contributed by atoms with Crippen molar-refractivity contribution < 1.29 is 14.5 Å². The van der Waals surface area contributed by atoms with Crippen LogP contribution < -0.4 is 4.74 Å². The van der Waals surface area contributed by atoms with Crippen LogP contribution in [0.1, 0.15) is 36.9 Å². The number of nitrogens with zero attached hydrogens (tertiary/aromatic N) is 2. The molecule has 132 valence electrons. The van der Waals surface area contributed by atoms with Crippen LogP contribution in [0.2, 0.25) is 0 Å². The Morgan fingerprint density at radius 3 is 2.32 bits per heavy atom. The highest BCUT2D eigenvalue weighted by molar-refractivity contribution is 5.83. The zero-order valence-corrected chi connectivity index (χ0v) is 14.8. The van der Waals surface area contributed by atoms with Crippen LogP contribution >= 0.6 is 0 Å². The van der Waals surface area contributed by atoms with E-state index >= 15 is 0 Å². The smallest absolute Gasteiger partial charge is 0.269 e. The third-order valence-electron chi connectivity index (χ3n) is 4.48. The lowest BCUT2D eigenvalue weighted by molar-refractivity contribution is -0.384. The molecule has 2 aromatic rings. The fourth-order valence-electron chi connectivity index (χ4n) is 2.65. The van der Waals surface area contributed by atoms with Gasteiger partial charge in [-0.2, -0.15) is 0 Å². The Morgan fingerprint density at radius 1 is 1.12 bits per heavy atom. The molecule has 0 aliphatic heterocycles. The van der Waals surface area contributed by atoms with Gasteiger partial charge in [-0.15, -0.1) is 0 Å². The normalized spacial score (nSPS) is 13.0. The van der Waals surface area contributed by atoms with E-state index < -0.39 is 4.92 Å². The van der Waals surface area contributed by atoms with Crippen molar-refractivity contribution in [1.29, 1.82) is 0 Å². The maximum Gasteiger partial charge on any atom is 0.269 e. The van der Waals surface area contributed by atoms with Crippen LogP contribution in [-0.4, -0.2) is 29.9 Å². The summed E-state index contributed by atoms with van der Waals surface area (Å²) in [4.78, 5) is 24.9. The van der Waals surface area contributed by atoms with Crippen molar-refractivity contribution in [2.45, 2.75) is 25.8 Å². The summed E-state index contributed by atoms with van der Waals surface area (Å²) in [5, 5.41) is 10.9. The zero-order chi connectivity index (χ0) is 18.6. The molecule has 2 aromatic carbocycles. The van der Waals surface area contributed by atoms with E-state index in [1.165, 1.54) is 12.1 Å². The molecule has 0 saturated heterocycles. The molecular formula is C19H22N2O4. The summed E-state index contributed by atoms with van der Waals surface area (Å²) < 4.78 is 5.13. The Hall–Kier alpha value is -2.89. The maximum atomic E-state index is 12.8. The van der Waals surface area contributed by atoms with E-state index in [0.717, 1.165) is 16.9 Å². The number of benzene rings is 2. The van der Waals surface area contributed by atoms with Crippen molar-refractivity contribution in [1.82, 2.24) is 4.90 Å². The van der Waals surface area contributed by atoms with Gasteiger partial charge in [0.2, 0.25) is 5.91 Å². The van der Waals surface area contributed by atoms with Crippen LogP contribution in [-0.2, 0) is 4.79 Å². The van der Waals surface area contributed by atoms with E-state index in [4.69, 9.17) is 4.74 Å². The molecule has 0 aliphatic rings. The van der Waals surface area contributed by atoms with Gasteiger partial charge in [0.05, 0.1) is 24.0 Å². The van der Waals surface area contributed by atoms with E-state index in [0.29, 0.717) is 0 Å². The molecule has 0 fully saturated rings. The molecular weight excluding hydrogens is 320 g/mol. The standard InChI is InChI=1S/C19H22N2O4/c1-13(15-8-10-18(25-4)11-9-15)19(22)20(3)14(2)16-6-5-7-17(12-16)21(23)24/h5-14H,1-4H3/t13-,14+/m1/s1. The van der Waals surface area contributed by atoms with Crippen molar-refractivity contribution in [3.8, 4) is 5.75 Å². The molecule has 0 radical (unpaired) electrons. The highest BCUT2D eigenvalue weighted by Crippen LogP contribution is 2.27. The van der Waals surface area contributed by atoms with Gasteiger partial charge in [0.15, 0.2) is 0 Å². The van der Waals surface area contributed by atoms with Crippen molar-refractivity contribution in [3.63, 3.8) is 0 Å². The monoisotopic (exact) mass is 342 g/mol. The predicted molar refractivity (Wildman–Crippen MR) is 95.7 cm³/mol. The van der Waals surface area contributed by atoms with Crippen molar-refractivity contribution >= 4 is 11.6 Å². The topological polar surface area (TPSA) is 72.7 Å². The number of non-ortho nitro benzene ring substituents is 1. The fraction of sp³-hybridized carbons (Fsp3) is 0.316. The number of ether oxygens (including phenoxy) is 1. The zero-order valence-electron chi connectivity index (χ0n) is 14.8. The molecule has 0 aliphatic carbocycles. The first-order valence-electron chi connectivity index (χ1n) is 8.00. The predicted octanol–water partition coefficient (Wildman–Crippen LogP) is 3.93. The molecule has 6 nitrogen and oxygen atoms in total. The molecule has 2 rings (SSSR count). The minimum atomic E-state index is -0.433. The highest BCUT2D eigenvalue weighted by atomic mass is 16.6. The van der Waals surface area contributed by atoms with Crippen LogP contribution in [0.25, 0.3) is 0 Å². The molecule has 0 N–H and O–H groups in total. The van der Waals surface area contributed by atoms with Crippen LogP contribution in [0.3, 0.4) is 0 Å².